The first kappa shape index (κ1) is 26.4. The molecule has 4 rings (SSSR count). The van der Waals surface area contributed by atoms with E-state index in [1.165, 1.54) is 19.2 Å². The fourth-order valence-electron chi connectivity index (χ4n) is 4.49. The number of anilines is 2. The summed E-state index contributed by atoms with van der Waals surface area (Å²) in [7, 11) is -0.820. The van der Waals surface area contributed by atoms with E-state index in [0.29, 0.717) is 34.6 Å². The number of ether oxygens (including phenoxy) is 2. The Morgan fingerprint density at radius 1 is 1.03 bits per heavy atom. The van der Waals surface area contributed by atoms with Gasteiger partial charge < -0.3 is 14.4 Å². The molecule has 36 heavy (non-hydrogen) atoms. The molecule has 9 heteroatoms. The fourth-order valence-corrected chi connectivity index (χ4v) is 6.81. The average molecular weight is 578 g/mol. The minimum Gasteiger partial charge on any atom is -0.497 e. The van der Waals surface area contributed by atoms with E-state index >= 15 is 0 Å². The highest BCUT2D eigenvalue weighted by Crippen LogP contribution is 2.43. The van der Waals surface area contributed by atoms with Crippen LogP contribution in [0.25, 0.3) is 0 Å². The first-order chi connectivity index (χ1) is 17.3. The Kier molecular flexibility index (Phi) is 8.22. The lowest BCUT2D eigenvalue weighted by Crippen LogP contribution is -2.43. The van der Waals surface area contributed by atoms with Gasteiger partial charge in [-0.15, -0.1) is 0 Å². The van der Waals surface area contributed by atoms with Crippen LogP contribution in [0, 0.1) is 5.82 Å². The van der Waals surface area contributed by atoms with Crippen LogP contribution in [0.3, 0.4) is 0 Å². The Hall–Kier alpha value is -2.62. The molecular formula is C27H30BrFN2O4S. The van der Waals surface area contributed by atoms with Gasteiger partial charge in [-0.1, -0.05) is 31.9 Å². The molecule has 0 N–H and O–H groups in total. The third kappa shape index (κ3) is 5.38. The van der Waals surface area contributed by atoms with Crippen LogP contribution in [-0.4, -0.2) is 39.5 Å². The van der Waals surface area contributed by atoms with Crippen molar-refractivity contribution in [3.63, 3.8) is 0 Å². The van der Waals surface area contributed by atoms with Crippen LogP contribution in [0.1, 0.15) is 31.7 Å². The van der Waals surface area contributed by atoms with Crippen molar-refractivity contribution in [3.05, 3.63) is 76.5 Å². The summed E-state index contributed by atoms with van der Waals surface area (Å²) in [6, 6.07) is 16.6. The second-order valence-electron chi connectivity index (χ2n) is 8.74. The lowest BCUT2D eigenvalue weighted by atomic mass is 10.1. The van der Waals surface area contributed by atoms with E-state index in [9.17, 15) is 12.8 Å². The van der Waals surface area contributed by atoms with Crippen molar-refractivity contribution in [1.82, 2.24) is 4.31 Å². The molecule has 0 saturated carbocycles. The number of nitrogens with zero attached hydrogens (tertiary/aromatic N) is 2. The van der Waals surface area contributed by atoms with E-state index in [1.54, 1.807) is 35.7 Å². The van der Waals surface area contributed by atoms with Crippen LogP contribution in [0.4, 0.5) is 15.8 Å². The van der Waals surface area contributed by atoms with Crippen molar-refractivity contribution in [2.45, 2.75) is 43.7 Å². The number of rotatable bonds is 8. The van der Waals surface area contributed by atoms with E-state index in [4.69, 9.17) is 9.47 Å². The van der Waals surface area contributed by atoms with Gasteiger partial charge in [-0.3, -0.25) is 0 Å². The van der Waals surface area contributed by atoms with Gasteiger partial charge in [0.2, 0.25) is 10.0 Å². The molecule has 1 aliphatic rings. The van der Waals surface area contributed by atoms with E-state index in [-0.39, 0.29) is 23.3 Å². The Balaban J connectivity index is 1.89. The molecule has 1 unspecified atom stereocenters. The summed E-state index contributed by atoms with van der Waals surface area (Å²) in [5.74, 6) is 0.788. The molecule has 0 saturated heterocycles. The minimum absolute atomic E-state index is 0.152. The summed E-state index contributed by atoms with van der Waals surface area (Å²) in [5.41, 5.74) is 2.10. The first-order valence-electron chi connectivity index (χ1n) is 11.8. The number of methoxy groups -OCH3 is 2. The minimum atomic E-state index is -3.93. The predicted octanol–water partition coefficient (Wildman–Crippen LogP) is 6.51. The molecule has 192 valence electrons. The molecule has 3 aromatic carbocycles. The van der Waals surface area contributed by atoms with Crippen LogP contribution < -0.4 is 14.4 Å². The molecule has 1 aliphatic heterocycles. The number of hydrogen-bond donors (Lipinski definition) is 0. The SMILES string of the molecule is CCCCC1CN(c2ccc(F)cc2)c2cc(Br)c(OC)cc2S(=O)(=O)N1Cc1ccc(OC)cc1. The smallest absolute Gasteiger partial charge is 0.245 e. The van der Waals surface area contributed by atoms with Crippen molar-refractivity contribution in [3.8, 4) is 11.5 Å². The number of hydrogen-bond acceptors (Lipinski definition) is 5. The zero-order valence-corrected chi connectivity index (χ0v) is 23.0. The van der Waals surface area contributed by atoms with Gasteiger partial charge in [-0.05, 0) is 70.4 Å². The van der Waals surface area contributed by atoms with Gasteiger partial charge >= 0.3 is 0 Å². The highest BCUT2D eigenvalue weighted by Gasteiger charge is 2.39. The van der Waals surface area contributed by atoms with Gasteiger partial charge in [0.05, 0.1) is 24.4 Å². The van der Waals surface area contributed by atoms with Gasteiger partial charge in [-0.25, -0.2) is 12.8 Å². The number of fused-ring (bicyclic) bond motifs is 1. The van der Waals surface area contributed by atoms with Crippen molar-refractivity contribution in [1.29, 1.82) is 0 Å². The number of benzene rings is 3. The summed E-state index contributed by atoms with van der Waals surface area (Å²) in [6.45, 7) is 2.73. The Bertz CT molecular complexity index is 1300. The monoisotopic (exact) mass is 576 g/mol. The number of sulfonamides is 1. The Morgan fingerprint density at radius 2 is 1.72 bits per heavy atom. The second kappa shape index (κ2) is 11.2. The Morgan fingerprint density at radius 3 is 2.33 bits per heavy atom. The second-order valence-corrected chi connectivity index (χ2v) is 11.4. The highest BCUT2D eigenvalue weighted by molar-refractivity contribution is 9.10. The molecule has 1 heterocycles. The quantitative estimate of drug-likeness (QED) is 0.306. The average Bonchev–Trinajstić information content (AvgIpc) is 2.96. The maximum Gasteiger partial charge on any atom is 0.245 e. The third-order valence-corrected chi connectivity index (χ3v) is 8.99. The molecule has 0 spiro atoms. The molecule has 0 fully saturated rings. The predicted molar refractivity (Wildman–Crippen MR) is 143 cm³/mol. The maximum atomic E-state index is 14.3. The lowest BCUT2D eigenvalue weighted by Gasteiger charge is -2.31. The summed E-state index contributed by atoms with van der Waals surface area (Å²) in [5, 5.41) is 0. The molecule has 0 aromatic heterocycles. The van der Waals surface area contributed by atoms with E-state index in [0.717, 1.165) is 24.1 Å². The van der Waals surface area contributed by atoms with Crippen LogP contribution in [0.5, 0.6) is 11.5 Å². The molecule has 0 radical (unpaired) electrons. The van der Waals surface area contributed by atoms with Crippen LogP contribution >= 0.6 is 15.9 Å². The zero-order chi connectivity index (χ0) is 25.9. The van der Waals surface area contributed by atoms with Gasteiger partial charge in [-0.2, -0.15) is 4.31 Å². The maximum absolute atomic E-state index is 14.3. The standard InChI is InChI=1S/C27H30BrFN2O4S/c1-4-5-6-22-18-30(21-11-9-20(29)10-12-21)25-15-24(28)26(35-3)16-27(25)36(32,33)31(22)17-19-7-13-23(34-2)14-8-19/h7-16,22H,4-6,17-18H2,1-3H3. The van der Waals surface area contributed by atoms with Crippen molar-refractivity contribution >= 4 is 37.3 Å². The van der Waals surface area contributed by atoms with Gasteiger partial charge in [0.1, 0.15) is 22.2 Å². The third-order valence-electron chi connectivity index (χ3n) is 6.44. The summed E-state index contributed by atoms with van der Waals surface area (Å²) >= 11 is 3.52. The number of unbranched alkanes of at least 4 members (excludes halogenated alkanes) is 1. The molecule has 0 aliphatic carbocycles. The van der Waals surface area contributed by atoms with E-state index in [1.807, 2.05) is 29.2 Å². The molecule has 0 bridgehead atoms. The Labute approximate surface area is 220 Å². The van der Waals surface area contributed by atoms with Gasteiger partial charge in [0.25, 0.3) is 0 Å². The van der Waals surface area contributed by atoms with Gasteiger partial charge in [0, 0.05) is 30.9 Å². The molecular weight excluding hydrogens is 547 g/mol. The van der Waals surface area contributed by atoms with Crippen LogP contribution in [-0.2, 0) is 16.6 Å². The number of halogens is 2. The normalized spacial score (nSPS) is 17.4. The van der Waals surface area contributed by atoms with Crippen molar-refractivity contribution in [2.75, 3.05) is 25.7 Å². The molecule has 6 nitrogen and oxygen atoms in total. The summed E-state index contributed by atoms with van der Waals surface area (Å²) in [6.07, 6.45) is 2.51. The molecule has 1 atom stereocenters. The largest absolute Gasteiger partial charge is 0.497 e. The summed E-state index contributed by atoms with van der Waals surface area (Å²) in [4.78, 5) is 2.12. The van der Waals surface area contributed by atoms with Gasteiger partial charge in [0.15, 0.2) is 0 Å². The van der Waals surface area contributed by atoms with Crippen LogP contribution in [0.15, 0.2) is 70.0 Å². The zero-order valence-electron chi connectivity index (χ0n) is 20.6. The fraction of sp³-hybridized carbons (Fsp3) is 0.333. The van der Waals surface area contributed by atoms with Crippen molar-refractivity contribution < 1.29 is 22.3 Å². The molecule has 3 aromatic rings. The van der Waals surface area contributed by atoms with Crippen LogP contribution in [0.2, 0.25) is 0 Å². The van der Waals surface area contributed by atoms with E-state index < -0.39 is 10.0 Å². The lowest BCUT2D eigenvalue weighted by molar-refractivity contribution is 0.300. The topological polar surface area (TPSA) is 59.1 Å². The van der Waals surface area contributed by atoms with Crippen molar-refractivity contribution in [2.24, 2.45) is 0 Å². The van der Waals surface area contributed by atoms with E-state index in [2.05, 4.69) is 22.9 Å². The highest BCUT2D eigenvalue weighted by atomic mass is 79.9. The summed E-state index contributed by atoms with van der Waals surface area (Å²) < 4.78 is 55.3. The first-order valence-corrected chi connectivity index (χ1v) is 14.1. The molecule has 0 amide bonds.